The van der Waals surface area contributed by atoms with Gasteiger partial charge in [-0.05, 0) is 24.3 Å². The molecule has 0 aliphatic rings. The number of aryl methyl sites for hydroxylation is 4. The van der Waals surface area contributed by atoms with Crippen LogP contribution in [-0.2, 0) is 26.4 Å². The van der Waals surface area contributed by atoms with Gasteiger partial charge in [-0.3, -0.25) is 9.25 Å². The molecule has 106 valence electrons. The Morgan fingerprint density at radius 2 is 2.20 bits per heavy atom. The largest absolute Gasteiger partial charge is 0.369 e. The van der Waals surface area contributed by atoms with Gasteiger partial charge in [0.2, 0.25) is 5.95 Å². The van der Waals surface area contributed by atoms with Crippen molar-refractivity contribution in [2.45, 2.75) is 32.7 Å². The van der Waals surface area contributed by atoms with Crippen LogP contribution < -0.4 is 5.73 Å². The highest BCUT2D eigenvalue weighted by Gasteiger charge is 2.17. The maximum Gasteiger partial charge on any atom is 0.202 e. The number of hydrogen-bond acceptors (Lipinski definition) is 4. The summed E-state index contributed by atoms with van der Waals surface area (Å²) in [6, 6.07) is 4.23. The predicted octanol–water partition coefficient (Wildman–Crippen LogP) is 2.61. The Labute approximate surface area is 122 Å². The Hall–Kier alpha value is -1.82. The summed E-state index contributed by atoms with van der Waals surface area (Å²) in [5.41, 5.74) is 9.12. The van der Waals surface area contributed by atoms with Gasteiger partial charge in [-0.1, -0.05) is 19.4 Å². The first-order chi connectivity index (χ1) is 9.70. The predicted molar refractivity (Wildman–Crippen MR) is 82.9 cm³/mol. The second kappa shape index (κ2) is 5.28. The molecule has 0 fully saturated rings. The zero-order chi connectivity index (χ0) is 14.1. The van der Waals surface area contributed by atoms with Crippen molar-refractivity contribution in [3.05, 3.63) is 28.1 Å². The molecular weight excluding hydrogens is 270 g/mol. The number of thiophene rings is 1. The first-order valence-corrected chi connectivity index (χ1v) is 7.78. The zero-order valence-corrected chi connectivity index (χ0v) is 12.7. The average molecular weight is 289 g/mol. The van der Waals surface area contributed by atoms with E-state index in [1.54, 1.807) is 11.3 Å². The van der Waals surface area contributed by atoms with Gasteiger partial charge < -0.3 is 5.73 Å². The van der Waals surface area contributed by atoms with Crippen molar-refractivity contribution >= 4 is 28.4 Å². The third kappa shape index (κ3) is 2.20. The second-order valence-electron chi connectivity index (χ2n) is 4.94. The molecule has 0 unspecified atom stereocenters. The molecular formula is C14H19N5S. The van der Waals surface area contributed by atoms with Crippen LogP contribution in [0.3, 0.4) is 0 Å². The molecule has 0 saturated carbocycles. The van der Waals surface area contributed by atoms with Crippen molar-refractivity contribution in [2.75, 3.05) is 5.73 Å². The van der Waals surface area contributed by atoms with Crippen LogP contribution in [0.4, 0.5) is 5.95 Å². The smallest absolute Gasteiger partial charge is 0.202 e. The van der Waals surface area contributed by atoms with Crippen LogP contribution in [-0.4, -0.2) is 19.3 Å². The van der Waals surface area contributed by atoms with Gasteiger partial charge in [0.15, 0.2) is 5.65 Å². The number of nitrogens with zero attached hydrogens (tertiary/aromatic N) is 4. The maximum atomic E-state index is 6.09. The molecule has 3 heterocycles. The lowest BCUT2D eigenvalue weighted by Crippen LogP contribution is -2.08. The zero-order valence-electron chi connectivity index (χ0n) is 11.8. The van der Waals surface area contributed by atoms with E-state index in [4.69, 9.17) is 5.73 Å². The standard InChI is InChI=1S/C14H19N5S/c1-3-5-11-12-13(18(2)17-11)19(14(15)16-12)8-7-10-6-4-9-20-10/h4,6,9H,3,5,7-8H2,1-2H3,(H2,15,16). The van der Waals surface area contributed by atoms with Crippen LogP contribution in [0.25, 0.3) is 11.2 Å². The van der Waals surface area contributed by atoms with Gasteiger partial charge in [-0.2, -0.15) is 5.10 Å². The Morgan fingerprint density at radius 1 is 1.35 bits per heavy atom. The number of nitrogen functional groups attached to an aromatic ring is 1. The first kappa shape index (κ1) is 13.2. The van der Waals surface area contributed by atoms with E-state index in [1.807, 2.05) is 11.7 Å². The van der Waals surface area contributed by atoms with Gasteiger partial charge in [0.25, 0.3) is 0 Å². The Balaban J connectivity index is 1.95. The fourth-order valence-corrected chi connectivity index (χ4v) is 3.26. The summed E-state index contributed by atoms with van der Waals surface area (Å²) < 4.78 is 3.97. The fraction of sp³-hybridized carbons (Fsp3) is 0.429. The number of imidazole rings is 1. The minimum absolute atomic E-state index is 0.585. The lowest BCUT2D eigenvalue weighted by molar-refractivity contribution is 0.677. The van der Waals surface area contributed by atoms with Gasteiger partial charge >= 0.3 is 0 Å². The average Bonchev–Trinajstić information content (AvgIpc) is 3.08. The summed E-state index contributed by atoms with van der Waals surface area (Å²) in [7, 11) is 1.96. The summed E-state index contributed by atoms with van der Waals surface area (Å²) in [5, 5.41) is 6.67. The normalized spacial score (nSPS) is 11.5. The lowest BCUT2D eigenvalue weighted by atomic mass is 10.2. The van der Waals surface area contributed by atoms with Crippen molar-refractivity contribution in [3.63, 3.8) is 0 Å². The number of anilines is 1. The molecule has 0 saturated heterocycles. The topological polar surface area (TPSA) is 61.7 Å². The molecule has 20 heavy (non-hydrogen) atoms. The summed E-state index contributed by atoms with van der Waals surface area (Å²) >= 11 is 1.78. The maximum absolute atomic E-state index is 6.09. The minimum atomic E-state index is 0.585. The van der Waals surface area contributed by atoms with Crippen molar-refractivity contribution in [3.8, 4) is 0 Å². The highest BCUT2D eigenvalue weighted by molar-refractivity contribution is 7.09. The van der Waals surface area contributed by atoms with Gasteiger partial charge in [0.1, 0.15) is 5.52 Å². The minimum Gasteiger partial charge on any atom is -0.369 e. The Bertz CT molecular complexity index is 708. The van der Waals surface area contributed by atoms with Crippen LogP contribution >= 0.6 is 11.3 Å². The number of nitrogens with two attached hydrogens (primary N) is 1. The SMILES string of the molecule is CCCc1nn(C)c2c1nc(N)n2CCc1cccs1. The number of hydrogen-bond donors (Lipinski definition) is 1. The van der Waals surface area contributed by atoms with Crippen molar-refractivity contribution in [2.24, 2.45) is 7.05 Å². The number of rotatable bonds is 5. The monoisotopic (exact) mass is 289 g/mol. The van der Waals surface area contributed by atoms with E-state index >= 15 is 0 Å². The van der Waals surface area contributed by atoms with Gasteiger partial charge in [-0.15, -0.1) is 11.3 Å². The molecule has 0 atom stereocenters. The molecule has 0 aliphatic heterocycles. The molecule has 0 radical (unpaired) electrons. The van der Waals surface area contributed by atoms with E-state index in [-0.39, 0.29) is 0 Å². The van der Waals surface area contributed by atoms with E-state index in [1.165, 1.54) is 4.88 Å². The molecule has 0 spiro atoms. The molecule has 5 nitrogen and oxygen atoms in total. The van der Waals surface area contributed by atoms with Gasteiger partial charge in [-0.25, -0.2) is 4.98 Å². The van der Waals surface area contributed by atoms with Crippen molar-refractivity contribution in [1.82, 2.24) is 19.3 Å². The number of fused-ring (bicyclic) bond motifs is 1. The van der Waals surface area contributed by atoms with Crippen LogP contribution in [0, 0.1) is 0 Å². The van der Waals surface area contributed by atoms with E-state index in [9.17, 15) is 0 Å². The molecule has 3 rings (SSSR count). The summed E-state index contributed by atoms with van der Waals surface area (Å²) in [4.78, 5) is 5.88. The highest BCUT2D eigenvalue weighted by atomic mass is 32.1. The van der Waals surface area contributed by atoms with Crippen LogP contribution in [0.1, 0.15) is 23.9 Å². The third-order valence-electron chi connectivity index (χ3n) is 3.47. The molecule has 0 aromatic carbocycles. The van der Waals surface area contributed by atoms with Crippen molar-refractivity contribution < 1.29 is 0 Å². The van der Waals surface area contributed by atoms with E-state index in [0.717, 1.165) is 42.7 Å². The van der Waals surface area contributed by atoms with E-state index in [0.29, 0.717) is 5.95 Å². The fourth-order valence-electron chi connectivity index (χ4n) is 2.56. The molecule has 0 aliphatic carbocycles. The van der Waals surface area contributed by atoms with E-state index < -0.39 is 0 Å². The van der Waals surface area contributed by atoms with Gasteiger partial charge in [0, 0.05) is 18.5 Å². The molecule has 3 aromatic heterocycles. The third-order valence-corrected chi connectivity index (χ3v) is 4.41. The van der Waals surface area contributed by atoms with Gasteiger partial charge in [0.05, 0.1) is 5.69 Å². The molecule has 3 aromatic rings. The summed E-state index contributed by atoms with van der Waals surface area (Å²) in [5.74, 6) is 0.585. The second-order valence-corrected chi connectivity index (χ2v) is 5.98. The first-order valence-electron chi connectivity index (χ1n) is 6.90. The molecule has 2 N–H and O–H groups in total. The quantitative estimate of drug-likeness (QED) is 0.785. The van der Waals surface area contributed by atoms with Crippen LogP contribution in [0.2, 0.25) is 0 Å². The molecule has 6 heteroatoms. The molecule has 0 bridgehead atoms. The summed E-state index contributed by atoms with van der Waals surface area (Å²) in [6.07, 6.45) is 2.98. The Morgan fingerprint density at radius 3 is 2.90 bits per heavy atom. The van der Waals surface area contributed by atoms with Crippen molar-refractivity contribution in [1.29, 1.82) is 0 Å². The molecule has 0 amide bonds. The number of aromatic nitrogens is 4. The Kier molecular flexibility index (Phi) is 3.48. The lowest BCUT2D eigenvalue weighted by Gasteiger charge is -2.05. The highest BCUT2D eigenvalue weighted by Crippen LogP contribution is 2.22. The summed E-state index contributed by atoms with van der Waals surface area (Å²) in [6.45, 7) is 2.99. The van der Waals surface area contributed by atoms with E-state index in [2.05, 4.69) is 39.1 Å². The van der Waals surface area contributed by atoms with Crippen LogP contribution in [0.15, 0.2) is 17.5 Å². The van der Waals surface area contributed by atoms with Crippen LogP contribution in [0.5, 0.6) is 0 Å².